The Bertz CT molecular complexity index is 508. The van der Waals surface area contributed by atoms with Crippen LogP contribution < -0.4 is 0 Å². The van der Waals surface area contributed by atoms with Crippen molar-refractivity contribution < 1.29 is 14.2 Å². The molecule has 6 heteroatoms. The number of hydrogen-bond donors (Lipinski definition) is 0. The van der Waals surface area contributed by atoms with Crippen LogP contribution in [0.15, 0.2) is 24.3 Å². The van der Waals surface area contributed by atoms with Crippen molar-refractivity contribution in [2.75, 3.05) is 18.6 Å². The first-order chi connectivity index (χ1) is 7.96. The number of hydrogen-bond acceptors (Lipinski definition) is 3. The summed E-state index contributed by atoms with van der Waals surface area (Å²) in [6.45, 7) is 1.49. The lowest BCUT2D eigenvalue weighted by Gasteiger charge is -2.17. The molecule has 0 fully saturated rings. The van der Waals surface area contributed by atoms with E-state index in [0.29, 0.717) is 11.1 Å². The lowest BCUT2D eigenvalue weighted by molar-refractivity contribution is 0.0680. The Morgan fingerprint density at radius 3 is 2.06 bits per heavy atom. The van der Waals surface area contributed by atoms with Crippen LogP contribution in [0.2, 0.25) is 0 Å². The highest BCUT2D eigenvalue weighted by Gasteiger charge is 2.37. The van der Waals surface area contributed by atoms with Gasteiger partial charge >= 0.3 is 0 Å². The maximum absolute atomic E-state index is 11.9. The molecule has 0 saturated carbocycles. The molecule has 2 amide bonds. The van der Waals surface area contributed by atoms with Crippen LogP contribution in [0.3, 0.4) is 0 Å². The van der Waals surface area contributed by atoms with Gasteiger partial charge in [-0.3, -0.25) is 14.5 Å². The maximum Gasteiger partial charge on any atom is 0.261 e. The molecule has 0 aliphatic carbocycles. The second-order valence-corrected chi connectivity index (χ2v) is 7.97. The topological polar surface area (TPSA) is 54.5 Å². The molecule has 1 heterocycles. The van der Waals surface area contributed by atoms with Gasteiger partial charge in [0.05, 0.1) is 23.0 Å². The van der Waals surface area contributed by atoms with E-state index in [2.05, 4.69) is 0 Å². The molecular weight excluding hydrogens is 261 g/mol. The van der Waals surface area contributed by atoms with Crippen LogP contribution in [-0.4, -0.2) is 35.3 Å². The van der Waals surface area contributed by atoms with Gasteiger partial charge in [-0.15, -0.1) is 11.6 Å². The molecule has 0 unspecified atom stereocenters. The Morgan fingerprint density at radius 2 is 1.65 bits per heavy atom. The van der Waals surface area contributed by atoms with Crippen molar-refractivity contribution in [2.24, 2.45) is 0 Å². The SMILES string of the molecule is C[P@@](=O)(CCl)CN1C(=O)c2ccccc2C1=O. The Hall–Kier alpha value is -1.12. The van der Waals surface area contributed by atoms with Gasteiger partial charge < -0.3 is 4.57 Å². The zero-order valence-corrected chi connectivity index (χ0v) is 10.9. The Labute approximate surface area is 104 Å². The number of fused-ring (bicyclic) bond motifs is 1. The first kappa shape index (κ1) is 12.3. The highest BCUT2D eigenvalue weighted by atomic mass is 35.5. The highest BCUT2D eigenvalue weighted by Crippen LogP contribution is 2.44. The largest absolute Gasteiger partial charge is 0.321 e. The van der Waals surface area contributed by atoms with Crippen LogP contribution in [0, 0.1) is 0 Å². The van der Waals surface area contributed by atoms with E-state index in [1.807, 2.05) is 0 Å². The lowest BCUT2D eigenvalue weighted by Crippen LogP contribution is -2.30. The van der Waals surface area contributed by atoms with E-state index >= 15 is 0 Å². The standard InChI is InChI=1S/C11H11ClNO3P/c1-17(16,6-12)7-13-10(14)8-4-2-3-5-9(8)11(13)15/h2-5H,6-7H2,1H3/t17-/m1/s1. The first-order valence-corrected chi connectivity index (χ1v) is 8.09. The molecule has 0 spiro atoms. The van der Waals surface area contributed by atoms with E-state index in [1.54, 1.807) is 24.3 Å². The molecular formula is C11H11ClNO3P. The van der Waals surface area contributed by atoms with E-state index < -0.39 is 19.0 Å². The van der Waals surface area contributed by atoms with Crippen molar-refractivity contribution in [3.63, 3.8) is 0 Å². The second kappa shape index (κ2) is 4.28. The molecule has 1 aliphatic rings. The number of benzene rings is 1. The van der Waals surface area contributed by atoms with Crippen molar-refractivity contribution in [3.05, 3.63) is 35.4 Å². The van der Waals surface area contributed by atoms with Crippen LogP contribution in [-0.2, 0) is 4.57 Å². The number of halogens is 1. The van der Waals surface area contributed by atoms with Crippen LogP contribution in [0.25, 0.3) is 0 Å². The van der Waals surface area contributed by atoms with Crippen molar-refractivity contribution >= 4 is 30.6 Å². The minimum Gasteiger partial charge on any atom is -0.321 e. The molecule has 90 valence electrons. The van der Waals surface area contributed by atoms with Crippen molar-refractivity contribution in [1.82, 2.24) is 4.90 Å². The number of rotatable bonds is 3. The van der Waals surface area contributed by atoms with Gasteiger partial charge in [-0.2, -0.15) is 0 Å². The van der Waals surface area contributed by atoms with Crippen LogP contribution in [0.5, 0.6) is 0 Å². The molecule has 1 aliphatic heterocycles. The van der Waals surface area contributed by atoms with Gasteiger partial charge in [-0.25, -0.2) is 0 Å². The van der Waals surface area contributed by atoms with E-state index in [4.69, 9.17) is 11.6 Å². The average molecular weight is 272 g/mol. The Balaban J connectivity index is 2.34. The van der Waals surface area contributed by atoms with Gasteiger partial charge in [0.1, 0.15) is 7.14 Å². The molecule has 1 aromatic carbocycles. The third-order valence-corrected chi connectivity index (χ3v) is 5.48. The summed E-state index contributed by atoms with van der Waals surface area (Å²) < 4.78 is 11.9. The predicted molar refractivity (Wildman–Crippen MR) is 66.1 cm³/mol. The molecule has 2 rings (SSSR count). The number of amides is 2. The zero-order chi connectivity index (χ0) is 12.6. The fourth-order valence-electron chi connectivity index (χ4n) is 1.70. The second-order valence-electron chi connectivity index (χ2n) is 4.14. The molecule has 0 aromatic heterocycles. The number of alkyl halides is 1. The van der Waals surface area contributed by atoms with Gasteiger partial charge in [-0.05, 0) is 18.8 Å². The van der Waals surface area contributed by atoms with Crippen LogP contribution in [0.4, 0.5) is 0 Å². The average Bonchev–Trinajstić information content (AvgIpc) is 2.55. The monoisotopic (exact) mass is 271 g/mol. The third kappa shape index (κ3) is 2.15. The minimum absolute atomic E-state index is 0.0413. The Morgan fingerprint density at radius 1 is 1.18 bits per heavy atom. The summed E-state index contributed by atoms with van der Waals surface area (Å²) in [4.78, 5) is 24.9. The van der Waals surface area contributed by atoms with Gasteiger partial charge in [0.15, 0.2) is 0 Å². The lowest BCUT2D eigenvalue weighted by atomic mass is 10.1. The normalized spacial score (nSPS) is 18.1. The summed E-state index contributed by atoms with van der Waals surface area (Å²) in [5, 5.41) is 0. The highest BCUT2D eigenvalue weighted by molar-refractivity contribution is 7.64. The smallest absolute Gasteiger partial charge is 0.261 e. The first-order valence-electron chi connectivity index (χ1n) is 5.03. The quantitative estimate of drug-likeness (QED) is 0.482. The van der Waals surface area contributed by atoms with Crippen LogP contribution >= 0.6 is 18.7 Å². The fourth-order valence-corrected chi connectivity index (χ4v) is 2.86. The van der Waals surface area contributed by atoms with E-state index in [1.165, 1.54) is 6.66 Å². The molecule has 0 saturated heterocycles. The van der Waals surface area contributed by atoms with E-state index in [0.717, 1.165) is 4.90 Å². The number of nitrogens with zero attached hydrogens (tertiary/aromatic N) is 1. The van der Waals surface area contributed by atoms with Gasteiger partial charge in [0, 0.05) is 0 Å². The molecule has 1 atom stereocenters. The van der Waals surface area contributed by atoms with E-state index in [9.17, 15) is 14.2 Å². The van der Waals surface area contributed by atoms with E-state index in [-0.39, 0.29) is 11.9 Å². The Kier molecular flexibility index (Phi) is 3.11. The maximum atomic E-state index is 11.9. The summed E-state index contributed by atoms with van der Waals surface area (Å²) in [5.74, 6) is -0.782. The number of carbonyl (C=O) groups excluding carboxylic acids is 2. The number of carbonyl (C=O) groups is 2. The summed E-state index contributed by atoms with van der Waals surface area (Å²) in [5.41, 5.74) is 0.694. The minimum atomic E-state index is -2.68. The van der Waals surface area contributed by atoms with Crippen molar-refractivity contribution in [2.45, 2.75) is 0 Å². The van der Waals surface area contributed by atoms with Gasteiger partial charge in [0.2, 0.25) is 0 Å². The summed E-state index contributed by atoms with van der Waals surface area (Å²) in [7, 11) is -2.68. The summed E-state index contributed by atoms with van der Waals surface area (Å²) in [6, 6.07) is 6.58. The molecule has 1 aromatic rings. The number of imide groups is 1. The third-order valence-electron chi connectivity index (χ3n) is 2.57. The van der Waals surface area contributed by atoms with Gasteiger partial charge in [0.25, 0.3) is 11.8 Å². The summed E-state index contributed by atoms with van der Waals surface area (Å²) >= 11 is 5.57. The molecule has 4 nitrogen and oxygen atoms in total. The van der Waals surface area contributed by atoms with Crippen molar-refractivity contribution in [1.29, 1.82) is 0 Å². The van der Waals surface area contributed by atoms with Crippen molar-refractivity contribution in [3.8, 4) is 0 Å². The molecule has 0 radical (unpaired) electrons. The molecule has 0 bridgehead atoms. The molecule has 17 heavy (non-hydrogen) atoms. The van der Waals surface area contributed by atoms with Gasteiger partial charge in [-0.1, -0.05) is 12.1 Å². The zero-order valence-electron chi connectivity index (χ0n) is 9.22. The predicted octanol–water partition coefficient (Wildman–Crippen LogP) is 2.43. The van der Waals surface area contributed by atoms with Crippen LogP contribution in [0.1, 0.15) is 20.7 Å². The summed E-state index contributed by atoms with van der Waals surface area (Å²) in [6.07, 6.45) is -0.0944. The fraction of sp³-hybridized carbons (Fsp3) is 0.273. The molecule has 0 N–H and O–H groups in total.